The number of amides is 1. The highest BCUT2D eigenvalue weighted by Crippen LogP contribution is 2.35. The summed E-state index contributed by atoms with van der Waals surface area (Å²) in [5.41, 5.74) is 0.0371. The van der Waals surface area contributed by atoms with Crippen LogP contribution in [0.15, 0.2) is 18.2 Å². The minimum Gasteiger partial charge on any atom is -0.487 e. The number of ketones is 1. The van der Waals surface area contributed by atoms with Gasteiger partial charge < -0.3 is 19.7 Å². The van der Waals surface area contributed by atoms with Crippen LogP contribution >= 0.6 is 0 Å². The number of hydrogen-bond donors (Lipinski definition) is 2. The molecule has 0 spiro atoms. The maximum atomic E-state index is 12.6. The van der Waals surface area contributed by atoms with Crippen molar-refractivity contribution < 1.29 is 24.0 Å². The summed E-state index contributed by atoms with van der Waals surface area (Å²) in [6, 6.07) is 5.23. The Kier molecular flexibility index (Phi) is 7.17. The molecule has 2 aliphatic rings. The Morgan fingerprint density at radius 3 is 2.66 bits per heavy atom. The summed E-state index contributed by atoms with van der Waals surface area (Å²) in [5, 5.41) is 3.03. The molecule has 0 radical (unpaired) electrons. The molecule has 0 aliphatic carbocycles. The first kappa shape index (κ1) is 21.6. The van der Waals surface area contributed by atoms with Crippen molar-refractivity contribution in [3.05, 3.63) is 23.8 Å². The predicted octanol–water partition coefficient (Wildman–Crippen LogP) is 2.16. The topological polar surface area (TPSA) is 69.1 Å². The van der Waals surface area contributed by atoms with Gasteiger partial charge in [-0.3, -0.25) is 9.59 Å². The van der Waals surface area contributed by atoms with E-state index >= 15 is 0 Å². The lowest BCUT2D eigenvalue weighted by molar-refractivity contribution is -0.898. The molecular formula is C23H35N2O4+. The van der Waals surface area contributed by atoms with Crippen LogP contribution in [0.2, 0.25) is 0 Å². The van der Waals surface area contributed by atoms with E-state index in [1.165, 1.54) is 38.8 Å². The lowest BCUT2D eigenvalue weighted by atomic mass is 9.93. The number of quaternary nitrogens is 1. The maximum Gasteiger partial charge on any atom is 0.261 e. The molecule has 1 atom stereocenters. The van der Waals surface area contributed by atoms with Gasteiger partial charge in [-0.2, -0.15) is 0 Å². The molecular weight excluding hydrogens is 368 g/mol. The van der Waals surface area contributed by atoms with E-state index in [-0.39, 0.29) is 11.7 Å². The van der Waals surface area contributed by atoms with Crippen LogP contribution in [0.1, 0.15) is 69.7 Å². The number of carbonyl (C=O) groups excluding carboxylic acids is 2. The quantitative estimate of drug-likeness (QED) is 0.732. The van der Waals surface area contributed by atoms with Gasteiger partial charge in [-0.1, -0.05) is 6.92 Å². The van der Waals surface area contributed by atoms with E-state index in [1.807, 2.05) is 20.8 Å². The van der Waals surface area contributed by atoms with Crippen LogP contribution in [0.4, 0.5) is 0 Å². The number of Topliss-reactive ketones (excluding diaryl/α,β-unsaturated/α-hetero) is 1. The third kappa shape index (κ3) is 5.95. The second kappa shape index (κ2) is 9.61. The van der Waals surface area contributed by atoms with Crippen LogP contribution in [0.3, 0.4) is 0 Å². The van der Waals surface area contributed by atoms with Gasteiger partial charge in [0, 0.05) is 0 Å². The summed E-state index contributed by atoms with van der Waals surface area (Å²) in [5.74, 6) is 1.06. The highest BCUT2D eigenvalue weighted by molar-refractivity contribution is 6.00. The van der Waals surface area contributed by atoms with Crippen molar-refractivity contribution in [2.75, 3.05) is 26.2 Å². The molecule has 6 nitrogen and oxygen atoms in total. The maximum absolute atomic E-state index is 12.6. The largest absolute Gasteiger partial charge is 0.487 e. The summed E-state index contributed by atoms with van der Waals surface area (Å²) in [6.07, 6.45) is 5.55. The van der Waals surface area contributed by atoms with Gasteiger partial charge in [-0.05, 0) is 64.2 Å². The Hall–Kier alpha value is -2.08. The van der Waals surface area contributed by atoms with Gasteiger partial charge in [0.2, 0.25) is 0 Å². The van der Waals surface area contributed by atoms with Gasteiger partial charge in [-0.15, -0.1) is 0 Å². The number of fused-ring (bicyclic) bond motifs is 1. The number of rotatable bonds is 7. The molecule has 2 aliphatic heterocycles. The molecule has 29 heavy (non-hydrogen) atoms. The summed E-state index contributed by atoms with van der Waals surface area (Å²) in [7, 11) is 0. The Balaban J connectivity index is 1.54. The van der Waals surface area contributed by atoms with Gasteiger partial charge in [0.15, 0.2) is 11.9 Å². The standard InChI is InChI=1S/C23H34N2O4/c1-4-20(22(27)24-11-14-25-12-7-5-6-8-13-25)28-17-9-10-21-18(15-17)19(26)16-23(2,3)29-21/h9-10,15,20H,4-8,11-14,16H2,1-3H3,(H,24,27)/p+1. The van der Waals surface area contributed by atoms with Crippen molar-refractivity contribution in [2.45, 2.75) is 71.0 Å². The first-order chi connectivity index (χ1) is 13.9. The SMILES string of the molecule is CCC(Oc1ccc2c(c1)C(=O)CC(C)(C)O2)C(=O)NCC[NH+]1CCCCCC1. The second-order valence-corrected chi connectivity index (χ2v) is 8.84. The number of nitrogens with one attached hydrogen (secondary N) is 2. The van der Waals surface area contributed by atoms with Crippen LogP contribution in [0, 0.1) is 0 Å². The van der Waals surface area contributed by atoms with E-state index in [9.17, 15) is 9.59 Å². The van der Waals surface area contributed by atoms with E-state index in [0.717, 1.165) is 6.54 Å². The van der Waals surface area contributed by atoms with E-state index in [0.29, 0.717) is 36.4 Å². The van der Waals surface area contributed by atoms with Gasteiger partial charge in [-0.25, -0.2) is 0 Å². The van der Waals surface area contributed by atoms with Gasteiger partial charge >= 0.3 is 0 Å². The van der Waals surface area contributed by atoms with Crippen molar-refractivity contribution in [1.82, 2.24) is 5.32 Å². The fraction of sp³-hybridized carbons (Fsp3) is 0.652. The zero-order chi connectivity index (χ0) is 20.9. The lowest BCUT2D eigenvalue weighted by Gasteiger charge is -2.31. The highest BCUT2D eigenvalue weighted by Gasteiger charge is 2.33. The van der Waals surface area contributed by atoms with E-state index in [1.54, 1.807) is 23.1 Å². The first-order valence-electron chi connectivity index (χ1n) is 11.0. The summed E-state index contributed by atoms with van der Waals surface area (Å²) < 4.78 is 11.8. The Morgan fingerprint density at radius 2 is 1.97 bits per heavy atom. The monoisotopic (exact) mass is 403 g/mol. The zero-order valence-corrected chi connectivity index (χ0v) is 18.0. The first-order valence-corrected chi connectivity index (χ1v) is 11.0. The zero-order valence-electron chi connectivity index (χ0n) is 18.0. The molecule has 1 unspecified atom stereocenters. The van der Waals surface area contributed by atoms with Crippen LogP contribution in [-0.2, 0) is 4.79 Å². The van der Waals surface area contributed by atoms with Crippen molar-refractivity contribution in [3.8, 4) is 11.5 Å². The number of benzene rings is 1. The highest BCUT2D eigenvalue weighted by atomic mass is 16.5. The average Bonchev–Trinajstić information content (AvgIpc) is 2.94. The molecule has 0 bridgehead atoms. The molecule has 1 amide bonds. The predicted molar refractivity (Wildman–Crippen MR) is 112 cm³/mol. The molecule has 1 aromatic rings. The fourth-order valence-electron chi connectivity index (χ4n) is 4.15. The van der Waals surface area contributed by atoms with Gasteiger partial charge in [0.1, 0.15) is 17.1 Å². The van der Waals surface area contributed by atoms with E-state index < -0.39 is 11.7 Å². The smallest absolute Gasteiger partial charge is 0.261 e. The molecule has 1 aromatic carbocycles. The molecule has 2 heterocycles. The summed E-state index contributed by atoms with van der Waals surface area (Å²) >= 11 is 0. The van der Waals surface area contributed by atoms with Crippen molar-refractivity contribution in [2.24, 2.45) is 0 Å². The Bertz CT molecular complexity index is 724. The van der Waals surface area contributed by atoms with Crippen LogP contribution in [-0.4, -0.2) is 49.6 Å². The van der Waals surface area contributed by atoms with E-state index in [2.05, 4.69) is 5.32 Å². The molecule has 3 rings (SSSR count). The molecule has 6 heteroatoms. The number of hydrogen-bond acceptors (Lipinski definition) is 4. The van der Waals surface area contributed by atoms with Crippen LogP contribution in [0.5, 0.6) is 11.5 Å². The molecule has 0 aromatic heterocycles. The number of carbonyl (C=O) groups is 2. The van der Waals surface area contributed by atoms with Crippen LogP contribution in [0.25, 0.3) is 0 Å². The normalized spacial score (nSPS) is 20.2. The van der Waals surface area contributed by atoms with E-state index in [4.69, 9.17) is 9.47 Å². The lowest BCUT2D eigenvalue weighted by Crippen LogP contribution is -3.12. The van der Waals surface area contributed by atoms with Crippen molar-refractivity contribution in [1.29, 1.82) is 0 Å². The van der Waals surface area contributed by atoms with Crippen molar-refractivity contribution >= 4 is 11.7 Å². The molecule has 1 saturated heterocycles. The molecule has 2 N–H and O–H groups in total. The summed E-state index contributed by atoms with van der Waals surface area (Å²) in [4.78, 5) is 26.6. The minimum atomic E-state index is -0.566. The molecule has 0 saturated carbocycles. The molecule has 1 fully saturated rings. The Labute approximate surface area is 173 Å². The third-order valence-electron chi connectivity index (χ3n) is 5.75. The average molecular weight is 404 g/mol. The Morgan fingerprint density at radius 1 is 1.24 bits per heavy atom. The number of likely N-dealkylation sites (tertiary alicyclic amines) is 1. The summed E-state index contributed by atoms with van der Waals surface area (Å²) in [6.45, 7) is 9.77. The molecule has 160 valence electrons. The minimum absolute atomic E-state index is 0.0413. The fourth-order valence-corrected chi connectivity index (χ4v) is 4.15. The van der Waals surface area contributed by atoms with Crippen LogP contribution < -0.4 is 19.7 Å². The van der Waals surface area contributed by atoms with Gasteiger partial charge in [0.25, 0.3) is 5.91 Å². The third-order valence-corrected chi connectivity index (χ3v) is 5.75. The number of ether oxygens (including phenoxy) is 2. The van der Waals surface area contributed by atoms with Crippen molar-refractivity contribution in [3.63, 3.8) is 0 Å². The second-order valence-electron chi connectivity index (χ2n) is 8.84. The van der Waals surface area contributed by atoms with Gasteiger partial charge in [0.05, 0.1) is 38.2 Å².